The summed E-state index contributed by atoms with van der Waals surface area (Å²) in [5.41, 5.74) is 21.6. The lowest BCUT2D eigenvalue weighted by Gasteiger charge is -2.34. The fourth-order valence-corrected chi connectivity index (χ4v) is 17.6. The van der Waals surface area contributed by atoms with Crippen molar-refractivity contribution in [2.75, 3.05) is 0 Å². The molecule has 1 aliphatic rings. The standard InChI is InChI=1S/C91H106N4O4/c1-9-11-13-15-25-35-49-91(50-36-26-16-14-12-10-2)77-51-61(3)65(39-29-23-19-17-21-27-37-63-45-47-81-71(53-63)89(98)75-59-83-73(57-85(75)94(81)7)87(96)67-41-31-33-43-79(67)92(83)5)55-69(77)70-56-66(62(4)52-78(70)91)40-30-24-20-18-22-28-38-64-46-48-82-72(54-64)90(99)76-60-84-74(58-86(76)95(82)8)88(97)68-42-32-34-44-80(68)93(84)6/h31-34,41-48,51-60H,9-30,35-40,49-50H2,1-8H3. The molecule has 0 amide bonds. The summed E-state index contributed by atoms with van der Waals surface area (Å²) < 4.78 is 8.25. The van der Waals surface area contributed by atoms with Gasteiger partial charge in [-0.05, 0) is 206 Å². The molecule has 8 heteroatoms. The molecule has 1 aliphatic carbocycles. The van der Waals surface area contributed by atoms with Crippen LogP contribution in [0, 0.1) is 13.8 Å². The van der Waals surface area contributed by atoms with Gasteiger partial charge in [0, 0.05) is 76.7 Å². The molecule has 13 rings (SSSR count). The summed E-state index contributed by atoms with van der Waals surface area (Å²) in [5.74, 6) is 0. The lowest BCUT2D eigenvalue weighted by Crippen LogP contribution is -2.26. The van der Waals surface area contributed by atoms with Crippen molar-refractivity contribution in [1.29, 1.82) is 0 Å². The van der Waals surface area contributed by atoms with Crippen LogP contribution in [-0.4, -0.2) is 18.3 Å². The number of hydrogen-bond acceptors (Lipinski definition) is 4. The van der Waals surface area contributed by atoms with Crippen molar-refractivity contribution in [1.82, 2.24) is 18.3 Å². The second-order valence-corrected chi connectivity index (χ2v) is 30.1. The first-order valence-corrected chi connectivity index (χ1v) is 38.4. The Morgan fingerprint density at radius 1 is 0.283 bits per heavy atom. The van der Waals surface area contributed by atoms with E-state index in [0.29, 0.717) is 32.3 Å². The van der Waals surface area contributed by atoms with Gasteiger partial charge in [0.1, 0.15) is 0 Å². The Bertz CT molecular complexity index is 4940. The SMILES string of the molecule is CCCCCCCCC1(CCCCCCCC)c2cc(C)c(CCCCCCCCc3ccc4c(c3)c(=O)c3cc5c(cc3n4C)c(=O)c3ccccc3n5C)cc2-c2cc(CCCCCCCCc3ccc4c(c3)c(=O)c3cc5c(cc3n4C)c(=O)c3ccccc3n5C)c(C)cc21. The van der Waals surface area contributed by atoms with Gasteiger partial charge in [0.15, 0.2) is 21.7 Å². The first-order valence-electron chi connectivity index (χ1n) is 38.4. The van der Waals surface area contributed by atoms with Crippen LogP contribution in [0.15, 0.2) is 153 Å². The molecule has 0 unspecified atom stereocenters. The molecule has 0 atom stereocenters. The van der Waals surface area contributed by atoms with E-state index in [1.54, 1.807) is 11.1 Å². The molecule has 0 saturated heterocycles. The smallest absolute Gasteiger partial charge is 0.197 e. The van der Waals surface area contributed by atoms with Gasteiger partial charge in [-0.3, -0.25) is 19.2 Å². The van der Waals surface area contributed by atoms with Gasteiger partial charge < -0.3 is 18.3 Å². The number of hydrogen-bond donors (Lipinski definition) is 0. The van der Waals surface area contributed by atoms with E-state index in [9.17, 15) is 19.2 Å². The molecular weight excluding hydrogens is 1210 g/mol. The topological polar surface area (TPSA) is 88.0 Å². The Morgan fingerprint density at radius 3 is 0.939 bits per heavy atom. The van der Waals surface area contributed by atoms with Gasteiger partial charge in [-0.2, -0.15) is 0 Å². The molecule has 4 heterocycles. The lowest BCUT2D eigenvalue weighted by molar-refractivity contribution is 0.397. The van der Waals surface area contributed by atoms with Gasteiger partial charge in [-0.15, -0.1) is 0 Å². The van der Waals surface area contributed by atoms with Gasteiger partial charge in [0.05, 0.1) is 44.1 Å². The van der Waals surface area contributed by atoms with E-state index in [2.05, 4.69) is 97.5 Å². The average molecular weight is 1320 g/mol. The number of benzene rings is 8. The third-order valence-corrected chi connectivity index (χ3v) is 23.5. The van der Waals surface area contributed by atoms with E-state index in [1.165, 1.54) is 199 Å². The third kappa shape index (κ3) is 13.8. The number of rotatable bonds is 32. The van der Waals surface area contributed by atoms with Crippen LogP contribution >= 0.6 is 0 Å². The number of pyridine rings is 4. The van der Waals surface area contributed by atoms with Crippen LogP contribution in [0.3, 0.4) is 0 Å². The Labute approximate surface area is 586 Å². The van der Waals surface area contributed by atoms with Crippen LogP contribution < -0.4 is 21.7 Å². The molecule has 99 heavy (non-hydrogen) atoms. The molecule has 0 bridgehead atoms. The minimum atomic E-state index is -0.000745. The summed E-state index contributed by atoms with van der Waals surface area (Å²) >= 11 is 0. The Kier molecular flexibility index (Phi) is 21.4. The van der Waals surface area contributed by atoms with E-state index in [-0.39, 0.29) is 27.1 Å². The second-order valence-electron chi connectivity index (χ2n) is 30.1. The molecule has 8 aromatic carbocycles. The van der Waals surface area contributed by atoms with Crippen molar-refractivity contribution in [2.45, 2.75) is 226 Å². The van der Waals surface area contributed by atoms with Crippen LogP contribution in [0.4, 0.5) is 0 Å². The number of aromatic nitrogens is 4. The molecule has 12 aromatic rings. The summed E-state index contributed by atoms with van der Waals surface area (Å²) in [4.78, 5) is 56.0. The zero-order valence-electron chi connectivity index (χ0n) is 60.8. The molecule has 4 aromatic heterocycles. The van der Waals surface area contributed by atoms with Gasteiger partial charge in [-0.25, -0.2) is 0 Å². The summed E-state index contributed by atoms with van der Waals surface area (Å²) in [5, 5.41) is 5.43. The number of nitrogens with zero attached hydrogens (tertiary/aromatic N) is 4. The van der Waals surface area contributed by atoms with Crippen molar-refractivity contribution < 1.29 is 0 Å². The Morgan fingerprint density at radius 2 is 0.576 bits per heavy atom. The summed E-state index contributed by atoms with van der Waals surface area (Å²) in [7, 11) is 7.98. The van der Waals surface area contributed by atoms with Gasteiger partial charge in [-0.1, -0.05) is 203 Å². The van der Waals surface area contributed by atoms with Crippen LogP contribution in [0.2, 0.25) is 0 Å². The highest BCUT2D eigenvalue weighted by atomic mass is 16.1. The number of aryl methyl sites for hydroxylation is 10. The molecule has 514 valence electrons. The molecule has 0 radical (unpaired) electrons. The zero-order valence-corrected chi connectivity index (χ0v) is 60.8. The summed E-state index contributed by atoms with van der Waals surface area (Å²) in [6.45, 7) is 9.49. The first-order chi connectivity index (χ1) is 48.2. The molecule has 0 spiro atoms. The molecular formula is C91H106N4O4. The largest absolute Gasteiger partial charge is 0.343 e. The van der Waals surface area contributed by atoms with Gasteiger partial charge in [0.2, 0.25) is 0 Å². The highest BCUT2D eigenvalue weighted by Crippen LogP contribution is 2.56. The molecule has 0 aliphatic heterocycles. The maximum absolute atomic E-state index is 14.3. The lowest BCUT2D eigenvalue weighted by atomic mass is 9.69. The summed E-state index contributed by atoms with van der Waals surface area (Å²) in [6, 6.07) is 46.7. The van der Waals surface area contributed by atoms with Crippen molar-refractivity contribution in [3.05, 3.63) is 219 Å². The number of para-hydroxylation sites is 2. The fraction of sp³-hybridized carbons (Fsp3) is 0.429. The van der Waals surface area contributed by atoms with E-state index >= 15 is 0 Å². The minimum absolute atomic E-state index is 0.000745. The highest BCUT2D eigenvalue weighted by molar-refractivity contribution is 6.05. The Balaban J connectivity index is 0.643. The first kappa shape index (κ1) is 69.1. The number of fused-ring (bicyclic) bond motifs is 11. The molecule has 0 N–H and O–H groups in total. The third-order valence-electron chi connectivity index (χ3n) is 23.5. The predicted octanol–water partition coefficient (Wildman–Crippen LogP) is 22.3. The van der Waals surface area contributed by atoms with Gasteiger partial charge in [0.25, 0.3) is 0 Å². The van der Waals surface area contributed by atoms with Crippen molar-refractivity contribution in [3.63, 3.8) is 0 Å². The quantitative estimate of drug-likeness (QED) is 0.0310. The number of unbranched alkanes of at least 4 members (excludes halogenated alkanes) is 20. The van der Waals surface area contributed by atoms with E-state index in [1.807, 2.05) is 110 Å². The maximum Gasteiger partial charge on any atom is 0.197 e. The highest BCUT2D eigenvalue weighted by Gasteiger charge is 2.43. The molecule has 8 nitrogen and oxygen atoms in total. The molecule has 0 fully saturated rings. The maximum atomic E-state index is 14.3. The van der Waals surface area contributed by atoms with Crippen LogP contribution in [0.5, 0.6) is 0 Å². The fourth-order valence-electron chi connectivity index (χ4n) is 17.6. The van der Waals surface area contributed by atoms with E-state index < -0.39 is 0 Å². The van der Waals surface area contributed by atoms with Crippen LogP contribution in [-0.2, 0) is 59.3 Å². The van der Waals surface area contributed by atoms with Crippen molar-refractivity contribution >= 4 is 87.2 Å². The predicted molar refractivity (Wildman–Crippen MR) is 422 cm³/mol. The Hall–Kier alpha value is -8.36. The zero-order chi connectivity index (χ0) is 68.9. The van der Waals surface area contributed by atoms with Crippen molar-refractivity contribution in [3.8, 4) is 11.1 Å². The van der Waals surface area contributed by atoms with E-state index in [4.69, 9.17) is 0 Å². The van der Waals surface area contributed by atoms with Gasteiger partial charge >= 0.3 is 0 Å². The van der Waals surface area contributed by atoms with E-state index in [0.717, 1.165) is 93.4 Å². The normalized spacial score (nSPS) is 12.9. The summed E-state index contributed by atoms with van der Waals surface area (Å²) in [6.07, 6.45) is 36.9. The molecule has 0 saturated carbocycles. The minimum Gasteiger partial charge on any atom is -0.343 e. The van der Waals surface area contributed by atoms with Crippen molar-refractivity contribution in [2.24, 2.45) is 28.2 Å². The monoisotopic (exact) mass is 1320 g/mol. The average Bonchev–Trinajstić information content (AvgIpc) is 1.61. The second kappa shape index (κ2) is 30.6. The van der Waals surface area contributed by atoms with Crippen LogP contribution in [0.25, 0.3) is 98.4 Å². The van der Waals surface area contributed by atoms with Crippen LogP contribution in [0.1, 0.15) is 225 Å².